The van der Waals surface area contributed by atoms with Gasteiger partial charge in [0.15, 0.2) is 5.76 Å². The summed E-state index contributed by atoms with van der Waals surface area (Å²) in [7, 11) is 0. The summed E-state index contributed by atoms with van der Waals surface area (Å²) < 4.78 is 5.22. The first kappa shape index (κ1) is 21.5. The lowest BCUT2D eigenvalue weighted by atomic mass is 9.96. The average molecular weight is 464 g/mol. The van der Waals surface area contributed by atoms with Crippen molar-refractivity contribution in [2.45, 2.75) is 19.4 Å². The smallest absolute Gasteiger partial charge is 0.289 e. The zero-order valence-electron chi connectivity index (χ0n) is 18.3. The Kier molecular flexibility index (Phi) is 5.76. The fourth-order valence-corrected chi connectivity index (χ4v) is 5.55. The summed E-state index contributed by atoms with van der Waals surface area (Å²) in [6.07, 6.45) is 1.66. The van der Waals surface area contributed by atoms with E-state index in [1.165, 1.54) is 6.26 Å². The fraction of sp³-hybridized carbons (Fsp3) is 0.320. The van der Waals surface area contributed by atoms with Crippen molar-refractivity contribution in [1.29, 1.82) is 0 Å². The molecule has 2 atom stereocenters. The molecule has 8 heteroatoms. The van der Waals surface area contributed by atoms with Crippen LogP contribution in [-0.2, 0) is 9.59 Å². The highest BCUT2D eigenvalue weighted by Crippen LogP contribution is 2.43. The van der Waals surface area contributed by atoms with Gasteiger partial charge in [0, 0.05) is 43.2 Å². The molecule has 0 bridgehead atoms. The van der Waals surface area contributed by atoms with Crippen LogP contribution in [0.3, 0.4) is 0 Å². The maximum atomic E-state index is 13.6. The van der Waals surface area contributed by atoms with E-state index in [2.05, 4.69) is 0 Å². The molecule has 1 aromatic carbocycles. The third-order valence-electron chi connectivity index (χ3n) is 6.40. The Morgan fingerprint density at radius 3 is 2.33 bits per heavy atom. The Bertz CT molecular complexity index is 1130. The Labute approximate surface area is 196 Å². The maximum Gasteiger partial charge on any atom is 0.289 e. The minimum absolute atomic E-state index is 0.0264. The first-order valence-electron chi connectivity index (χ1n) is 11.1. The van der Waals surface area contributed by atoms with Crippen molar-refractivity contribution < 1.29 is 18.8 Å². The quantitative estimate of drug-likeness (QED) is 0.591. The molecule has 2 saturated heterocycles. The molecule has 3 amide bonds. The third kappa shape index (κ3) is 4.06. The number of anilines is 1. The first-order valence-corrected chi connectivity index (χ1v) is 11.9. The maximum absolute atomic E-state index is 13.6. The topological polar surface area (TPSA) is 74.1 Å². The minimum Gasteiger partial charge on any atom is -0.459 e. The number of rotatable bonds is 4. The zero-order valence-corrected chi connectivity index (χ0v) is 19.2. The van der Waals surface area contributed by atoms with E-state index in [1.54, 1.807) is 38.2 Å². The molecular formula is C25H25N3O4S. The molecule has 33 heavy (non-hydrogen) atoms. The molecule has 0 unspecified atom stereocenters. The second kappa shape index (κ2) is 8.86. The molecule has 0 N–H and O–H groups in total. The van der Waals surface area contributed by atoms with Crippen molar-refractivity contribution in [3.8, 4) is 0 Å². The van der Waals surface area contributed by atoms with Gasteiger partial charge in [0.25, 0.3) is 5.91 Å². The zero-order chi connectivity index (χ0) is 22.9. The number of benzene rings is 1. The number of hydrogen-bond donors (Lipinski definition) is 0. The van der Waals surface area contributed by atoms with E-state index in [1.807, 2.05) is 48.7 Å². The summed E-state index contributed by atoms with van der Waals surface area (Å²) in [4.78, 5) is 45.6. The fourth-order valence-electron chi connectivity index (χ4n) is 4.67. The molecule has 4 heterocycles. The van der Waals surface area contributed by atoms with Gasteiger partial charge in [-0.2, -0.15) is 0 Å². The molecule has 7 nitrogen and oxygen atoms in total. The standard InChI is InChI=1S/C25H25N3O4S/c1-17-6-8-18(9-7-17)28-22(29)16-19(23(28)21-5-3-15-33-21)24(30)26-10-12-27(13-11-26)25(31)20-4-2-14-32-20/h2-9,14-15,19,23H,10-13,16H2,1H3/t19-,23+/m0/s1. The SMILES string of the molecule is Cc1ccc(N2C(=O)C[C@H](C(=O)N3CCN(C(=O)c4ccco4)CC3)[C@@H]2c2cccs2)cc1. The van der Waals surface area contributed by atoms with Crippen LogP contribution in [0.2, 0.25) is 0 Å². The molecule has 0 spiro atoms. The van der Waals surface area contributed by atoms with Crippen LogP contribution >= 0.6 is 11.3 Å². The number of thiophene rings is 1. The van der Waals surface area contributed by atoms with Gasteiger partial charge in [-0.1, -0.05) is 23.8 Å². The molecule has 2 aromatic heterocycles. The summed E-state index contributed by atoms with van der Waals surface area (Å²) in [5, 5.41) is 1.98. The second-order valence-electron chi connectivity index (χ2n) is 8.46. The van der Waals surface area contributed by atoms with E-state index in [9.17, 15) is 14.4 Å². The van der Waals surface area contributed by atoms with Gasteiger partial charge < -0.3 is 19.1 Å². The highest BCUT2D eigenvalue weighted by atomic mass is 32.1. The van der Waals surface area contributed by atoms with Crippen LogP contribution in [0.15, 0.2) is 64.6 Å². The molecular weight excluding hydrogens is 438 g/mol. The van der Waals surface area contributed by atoms with E-state index in [4.69, 9.17) is 4.42 Å². The molecule has 0 radical (unpaired) electrons. The summed E-state index contributed by atoms with van der Waals surface area (Å²) in [5.74, 6) is -0.374. The van der Waals surface area contributed by atoms with Gasteiger partial charge in [-0.25, -0.2) is 0 Å². The summed E-state index contributed by atoms with van der Waals surface area (Å²) >= 11 is 1.57. The lowest BCUT2D eigenvalue weighted by Crippen LogP contribution is -2.52. The number of nitrogens with zero attached hydrogens (tertiary/aromatic N) is 3. The molecule has 2 fully saturated rings. The number of aryl methyl sites for hydroxylation is 1. The highest BCUT2D eigenvalue weighted by molar-refractivity contribution is 7.10. The minimum atomic E-state index is -0.454. The second-order valence-corrected chi connectivity index (χ2v) is 9.44. The van der Waals surface area contributed by atoms with Crippen molar-refractivity contribution in [1.82, 2.24) is 9.80 Å². The highest BCUT2D eigenvalue weighted by Gasteiger charge is 2.47. The van der Waals surface area contributed by atoms with Gasteiger partial charge >= 0.3 is 0 Å². The van der Waals surface area contributed by atoms with E-state index >= 15 is 0 Å². The van der Waals surface area contributed by atoms with Gasteiger partial charge in [-0.3, -0.25) is 14.4 Å². The number of carbonyl (C=O) groups is 3. The van der Waals surface area contributed by atoms with Gasteiger partial charge in [-0.15, -0.1) is 11.3 Å². The molecule has 170 valence electrons. The number of furan rings is 1. The molecule has 0 saturated carbocycles. The molecule has 5 rings (SSSR count). The van der Waals surface area contributed by atoms with Crippen molar-refractivity contribution >= 4 is 34.7 Å². The van der Waals surface area contributed by atoms with Crippen LogP contribution in [0.25, 0.3) is 0 Å². The molecule has 0 aliphatic carbocycles. The van der Waals surface area contributed by atoms with E-state index in [0.717, 1.165) is 16.1 Å². The van der Waals surface area contributed by atoms with Crippen LogP contribution in [-0.4, -0.2) is 53.7 Å². The lowest BCUT2D eigenvalue weighted by molar-refractivity contribution is -0.138. The number of carbonyl (C=O) groups excluding carboxylic acids is 3. The monoisotopic (exact) mass is 463 g/mol. The van der Waals surface area contributed by atoms with Crippen LogP contribution in [0, 0.1) is 12.8 Å². The van der Waals surface area contributed by atoms with Gasteiger partial charge in [0.1, 0.15) is 0 Å². The van der Waals surface area contributed by atoms with Crippen LogP contribution in [0.1, 0.15) is 33.5 Å². The van der Waals surface area contributed by atoms with Crippen molar-refractivity contribution in [2.75, 3.05) is 31.1 Å². The lowest BCUT2D eigenvalue weighted by Gasteiger charge is -2.36. The normalized spacial score (nSPS) is 21.0. The van der Waals surface area contributed by atoms with Crippen LogP contribution in [0.4, 0.5) is 5.69 Å². The van der Waals surface area contributed by atoms with Gasteiger partial charge in [0.2, 0.25) is 11.8 Å². The predicted octanol–water partition coefficient (Wildman–Crippen LogP) is 3.73. The van der Waals surface area contributed by atoms with Crippen molar-refractivity contribution in [3.63, 3.8) is 0 Å². The number of hydrogen-bond acceptors (Lipinski definition) is 5. The number of amides is 3. The Morgan fingerprint density at radius 2 is 1.70 bits per heavy atom. The van der Waals surface area contributed by atoms with Crippen molar-refractivity contribution in [2.24, 2.45) is 5.92 Å². The van der Waals surface area contributed by atoms with Gasteiger partial charge in [0.05, 0.1) is 18.2 Å². The van der Waals surface area contributed by atoms with Crippen molar-refractivity contribution in [3.05, 3.63) is 76.4 Å². The largest absolute Gasteiger partial charge is 0.459 e. The molecule has 2 aliphatic rings. The Hall–Kier alpha value is -3.39. The number of piperazine rings is 1. The predicted molar refractivity (Wildman–Crippen MR) is 125 cm³/mol. The Morgan fingerprint density at radius 1 is 0.970 bits per heavy atom. The summed E-state index contributed by atoms with van der Waals surface area (Å²) in [5.41, 5.74) is 1.93. The van der Waals surface area contributed by atoms with Crippen LogP contribution in [0.5, 0.6) is 0 Å². The van der Waals surface area contributed by atoms with E-state index in [0.29, 0.717) is 31.9 Å². The Balaban J connectivity index is 1.34. The van der Waals surface area contributed by atoms with Gasteiger partial charge in [-0.05, 0) is 42.6 Å². The summed E-state index contributed by atoms with van der Waals surface area (Å²) in [6.45, 7) is 3.78. The first-order chi connectivity index (χ1) is 16.0. The van der Waals surface area contributed by atoms with Crippen LogP contribution < -0.4 is 4.90 Å². The average Bonchev–Trinajstić information content (AvgIpc) is 3.60. The van der Waals surface area contributed by atoms with E-state index < -0.39 is 5.92 Å². The third-order valence-corrected chi connectivity index (χ3v) is 7.34. The summed E-state index contributed by atoms with van der Waals surface area (Å²) in [6, 6.07) is 14.8. The molecule has 3 aromatic rings. The molecule has 2 aliphatic heterocycles. The van der Waals surface area contributed by atoms with E-state index in [-0.39, 0.29) is 30.2 Å².